The van der Waals surface area contributed by atoms with E-state index in [1.165, 1.54) is 19.3 Å². The van der Waals surface area contributed by atoms with Gasteiger partial charge in [0.15, 0.2) is 0 Å². The average Bonchev–Trinajstić information content (AvgIpc) is 2.52. The Kier molecular flexibility index (Phi) is 19.9. The van der Waals surface area contributed by atoms with Gasteiger partial charge in [-0.1, -0.05) is 59.3 Å². The van der Waals surface area contributed by atoms with Gasteiger partial charge in [0.1, 0.15) is 0 Å². The van der Waals surface area contributed by atoms with E-state index in [0.29, 0.717) is 6.42 Å². The average molecular weight is 331 g/mol. The number of nitrogens with one attached hydrogen (secondary N) is 1. The van der Waals surface area contributed by atoms with Crippen molar-refractivity contribution in [3.05, 3.63) is 0 Å². The summed E-state index contributed by atoms with van der Waals surface area (Å²) in [5.41, 5.74) is 5.03. The molecule has 0 saturated carbocycles. The fraction of sp³-hybridized carbons (Fsp3) is 0.889. The maximum absolute atomic E-state index is 11.3. The van der Waals surface area contributed by atoms with Crippen molar-refractivity contribution >= 4 is 11.9 Å². The van der Waals surface area contributed by atoms with E-state index in [2.05, 4.69) is 12.2 Å². The number of carboxylic acid groups (broad SMARTS) is 1. The Bertz CT molecular complexity index is 279. The van der Waals surface area contributed by atoms with E-state index in [-0.39, 0.29) is 11.8 Å². The van der Waals surface area contributed by atoms with Crippen molar-refractivity contribution < 1.29 is 14.7 Å². The fourth-order valence-electron chi connectivity index (χ4n) is 1.88. The van der Waals surface area contributed by atoms with Gasteiger partial charge in [-0.25, -0.2) is 0 Å². The van der Waals surface area contributed by atoms with Crippen LogP contribution < -0.4 is 11.1 Å². The van der Waals surface area contributed by atoms with Crippen LogP contribution in [0, 0.1) is 5.92 Å². The molecule has 0 unspecified atom stereocenters. The molecule has 0 aromatic rings. The molecule has 0 bridgehead atoms. The quantitative estimate of drug-likeness (QED) is 0.449. The van der Waals surface area contributed by atoms with Crippen molar-refractivity contribution in [1.29, 1.82) is 0 Å². The lowest BCUT2D eigenvalue weighted by atomic mass is 10.1. The Morgan fingerprint density at radius 1 is 0.957 bits per heavy atom. The number of carbonyl (C=O) groups excluding carboxylic acids is 1. The second kappa shape index (κ2) is 18.9. The van der Waals surface area contributed by atoms with E-state index in [1.54, 1.807) is 0 Å². The lowest BCUT2D eigenvalue weighted by molar-refractivity contribution is -0.137. The van der Waals surface area contributed by atoms with Crippen molar-refractivity contribution in [2.24, 2.45) is 11.7 Å². The Balaban J connectivity index is 0. The number of hydrogen-bond donors (Lipinski definition) is 3. The molecule has 1 amide bonds. The molecule has 0 aromatic heterocycles. The van der Waals surface area contributed by atoms with E-state index in [1.807, 2.05) is 13.8 Å². The van der Waals surface area contributed by atoms with Crippen molar-refractivity contribution in [1.82, 2.24) is 5.32 Å². The summed E-state index contributed by atoms with van der Waals surface area (Å²) in [4.78, 5) is 21.6. The van der Waals surface area contributed by atoms with Crippen molar-refractivity contribution in [2.75, 3.05) is 13.1 Å². The molecule has 0 rings (SSSR count). The van der Waals surface area contributed by atoms with Crippen molar-refractivity contribution in [3.8, 4) is 0 Å². The molecule has 23 heavy (non-hydrogen) atoms. The highest BCUT2D eigenvalue weighted by atomic mass is 16.4. The first-order valence-electron chi connectivity index (χ1n) is 9.15. The molecule has 0 atom stereocenters. The zero-order chi connectivity index (χ0) is 17.9. The van der Waals surface area contributed by atoms with Gasteiger partial charge in [0, 0.05) is 18.9 Å². The lowest BCUT2D eigenvalue weighted by Crippen LogP contribution is -2.28. The molecule has 0 radical (unpaired) electrons. The summed E-state index contributed by atoms with van der Waals surface area (Å²) in [5.74, 6) is -0.479. The smallest absolute Gasteiger partial charge is 0.303 e. The van der Waals surface area contributed by atoms with E-state index in [9.17, 15) is 9.59 Å². The van der Waals surface area contributed by atoms with E-state index in [4.69, 9.17) is 10.8 Å². The third kappa shape index (κ3) is 23.3. The number of carbonyl (C=O) groups is 2. The number of carboxylic acids is 1. The Hall–Kier alpha value is -1.10. The van der Waals surface area contributed by atoms with E-state index < -0.39 is 5.97 Å². The summed E-state index contributed by atoms with van der Waals surface area (Å²) in [6, 6.07) is 0. The van der Waals surface area contributed by atoms with Crippen LogP contribution >= 0.6 is 0 Å². The van der Waals surface area contributed by atoms with Crippen LogP contribution in [0.4, 0.5) is 0 Å². The van der Waals surface area contributed by atoms with E-state index >= 15 is 0 Å². The number of rotatable bonds is 13. The van der Waals surface area contributed by atoms with Gasteiger partial charge in [0.2, 0.25) is 5.91 Å². The van der Waals surface area contributed by atoms with Gasteiger partial charge in [0.05, 0.1) is 0 Å². The first kappa shape index (κ1) is 24.2. The number of amides is 1. The maximum Gasteiger partial charge on any atom is 0.303 e. The fourth-order valence-corrected chi connectivity index (χ4v) is 1.88. The second-order valence-electron chi connectivity index (χ2n) is 6.21. The van der Waals surface area contributed by atoms with Crippen LogP contribution in [-0.2, 0) is 9.59 Å². The minimum atomic E-state index is -0.691. The molecular formula is C18H38N2O3. The Morgan fingerprint density at radius 3 is 1.78 bits per heavy atom. The number of hydrogen-bond acceptors (Lipinski definition) is 3. The summed E-state index contributed by atoms with van der Waals surface area (Å²) in [7, 11) is 0. The SMILES string of the molecule is CC(C)C(=O)NCCCCCCCCCCC(=O)O.CCCN. The summed E-state index contributed by atoms with van der Waals surface area (Å²) in [6.07, 6.45) is 10.2. The number of unbranched alkanes of at least 4 members (excludes halogenated alkanes) is 7. The van der Waals surface area contributed by atoms with Gasteiger partial charge >= 0.3 is 5.97 Å². The van der Waals surface area contributed by atoms with Crippen molar-refractivity contribution in [3.63, 3.8) is 0 Å². The second-order valence-corrected chi connectivity index (χ2v) is 6.21. The molecule has 0 aliphatic carbocycles. The predicted molar refractivity (Wildman–Crippen MR) is 96.4 cm³/mol. The monoisotopic (exact) mass is 330 g/mol. The minimum Gasteiger partial charge on any atom is -0.481 e. The van der Waals surface area contributed by atoms with Gasteiger partial charge in [-0.2, -0.15) is 0 Å². The molecule has 0 fully saturated rings. The molecule has 0 spiro atoms. The van der Waals surface area contributed by atoms with Crippen LogP contribution in [0.3, 0.4) is 0 Å². The summed E-state index contributed by atoms with van der Waals surface area (Å²) in [6.45, 7) is 7.47. The van der Waals surface area contributed by atoms with E-state index in [0.717, 1.165) is 51.6 Å². The Morgan fingerprint density at radius 2 is 1.39 bits per heavy atom. The van der Waals surface area contributed by atoms with Crippen LogP contribution in [-0.4, -0.2) is 30.1 Å². The first-order chi connectivity index (χ1) is 11.0. The molecule has 0 aromatic carbocycles. The molecular weight excluding hydrogens is 292 g/mol. The third-order valence-corrected chi connectivity index (χ3v) is 3.43. The largest absolute Gasteiger partial charge is 0.481 e. The van der Waals surface area contributed by atoms with Gasteiger partial charge in [-0.3, -0.25) is 9.59 Å². The molecule has 5 nitrogen and oxygen atoms in total. The summed E-state index contributed by atoms with van der Waals surface area (Å²) < 4.78 is 0. The zero-order valence-corrected chi connectivity index (χ0v) is 15.4. The normalized spacial score (nSPS) is 10.1. The highest BCUT2D eigenvalue weighted by Gasteiger charge is 2.04. The number of aliphatic carboxylic acids is 1. The topological polar surface area (TPSA) is 92.4 Å². The van der Waals surface area contributed by atoms with Crippen LogP contribution in [0.2, 0.25) is 0 Å². The van der Waals surface area contributed by atoms with Gasteiger partial charge in [-0.15, -0.1) is 0 Å². The van der Waals surface area contributed by atoms with Gasteiger partial charge < -0.3 is 16.2 Å². The molecule has 5 heteroatoms. The highest BCUT2D eigenvalue weighted by Crippen LogP contribution is 2.09. The van der Waals surface area contributed by atoms with Gasteiger partial charge in [-0.05, 0) is 25.8 Å². The molecule has 138 valence electrons. The van der Waals surface area contributed by atoms with Crippen LogP contribution in [0.15, 0.2) is 0 Å². The van der Waals surface area contributed by atoms with Crippen LogP contribution in [0.1, 0.15) is 85.0 Å². The molecule has 0 aliphatic heterocycles. The molecule has 4 N–H and O–H groups in total. The molecule has 0 heterocycles. The van der Waals surface area contributed by atoms with Gasteiger partial charge in [0.25, 0.3) is 0 Å². The minimum absolute atomic E-state index is 0.0748. The predicted octanol–water partition coefficient (Wildman–Crippen LogP) is 3.71. The summed E-state index contributed by atoms with van der Waals surface area (Å²) in [5, 5.41) is 11.4. The molecule has 0 aliphatic rings. The molecule has 0 saturated heterocycles. The Labute approximate surface area is 142 Å². The lowest BCUT2D eigenvalue weighted by Gasteiger charge is -2.07. The number of nitrogens with two attached hydrogens (primary N) is 1. The summed E-state index contributed by atoms with van der Waals surface area (Å²) >= 11 is 0. The first-order valence-corrected chi connectivity index (χ1v) is 9.15. The standard InChI is InChI=1S/C15H29NO3.C3H9N/c1-13(2)15(19)16-12-10-8-6-4-3-5-7-9-11-14(17)18;1-2-3-4/h13H,3-12H2,1-2H3,(H,16,19)(H,17,18);2-4H2,1H3. The zero-order valence-electron chi connectivity index (χ0n) is 15.4. The highest BCUT2D eigenvalue weighted by molar-refractivity contribution is 5.77. The third-order valence-electron chi connectivity index (χ3n) is 3.43. The van der Waals surface area contributed by atoms with Crippen LogP contribution in [0.25, 0.3) is 0 Å². The maximum atomic E-state index is 11.3. The van der Waals surface area contributed by atoms with Crippen LogP contribution in [0.5, 0.6) is 0 Å². The van der Waals surface area contributed by atoms with Crippen molar-refractivity contribution in [2.45, 2.75) is 85.0 Å².